The van der Waals surface area contributed by atoms with Crippen molar-refractivity contribution in [2.24, 2.45) is 0 Å². The number of carbonyl (C=O) groups is 1. The van der Waals surface area contributed by atoms with Gasteiger partial charge in [0.2, 0.25) is 0 Å². The molecule has 3 aromatic heterocycles. The molecule has 0 radical (unpaired) electrons. The molecule has 0 spiro atoms. The summed E-state index contributed by atoms with van der Waals surface area (Å²) in [5.74, 6) is -0.368. The van der Waals surface area contributed by atoms with Crippen molar-refractivity contribution >= 4 is 28.4 Å². The molecule has 0 aliphatic rings. The van der Waals surface area contributed by atoms with E-state index in [-0.39, 0.29) is 5.91 Å². The third-order valence-electron chi connectivity index (χ3n) is 4.01. The van der Waals surface area contributed by atoms with E-state index < -0.39 is 11.2 Å². The number of carbonyl (C=O) groups excluding carboxylic acids is 1. The fourth-order valence-electron chi connectivity index (χ4n) is 2.74. The van der Waals surface area contributed by atoms with Gasteiger partial charge in [-0.15, -0.1) is 0 Å². The van der Waals surface area contributed by atoms with Gasteiger partial charge in [0, 0.05) is 24.0 Å². The van der Waals surface area contributed by atoms with Crippen molar-refractivity contribution in [3.63, 3.8) is 0 Å². The van der Waals surface area contributed by atoms with E-state index in [0.29, 0.717) is 21.8 Å². The van der Waals surface area contributed by atoms with Gasteiger partial charge in [-0.1, -0.05) is 30.3 Å². The molecule has 7 nitrogen and oxygen atoms in total. The lowest BCUT2D eigenvalue weighted by molar-refractivity contribution is 0.102. The minimum absolute atomic E-state index is 0.365. The number of benzene rings is 1. The van der Waals surface area contributed by atoms with E-state index in [1.54, 1.807) is 35.3 Å². The largest absolute Gasteiger partial charge is 0.612 e. The Hall–Kier alpha value is -3.23. The number of aromatic nitrogens is 4. The first-order chi connectivity index (χ1) is 13.1. The maximum absolute atomic E-state index is 12.8. The molecule has 0 fully saturated rings. The summed E-state index contributed by atoms with van der Waals surface area (Å²) >= 11 is -1.25. The van der Waals surface area contributed by atoms with Gasteiger partial charge in [0.25, 0.3) is 5.91 Å². The first-order valence-electron chi connectivity index (χ1n) is 8.12. The van der Waals surface area contributed by atoms with Gasteiger partial charge in [-0.3, -0.25) is 9.78 Å². The van der Waals surface area contributed by atoms with Crippen LogP contribution in [0.4, 0.5) is 5.69 Å². The molecule has 8 heteroatoms. The molecule has 1 unspecified atom stereocenters. The summed E-state index contributed by atoms with van der Waals surface area (Å²) in [6.45, 7) is 0. The Balaban J connectivity index is 1.72. The van der Waals surface area contributed by atoms with Gasteiger partial charge in [0.15, 0.2) is 10.5 Å². The average molecular weight is 377 g/mol. The van der Waals surface area contributed by atoms with E-state index >= 15 is 0 Å². The normalized spacial score (nSPS) is 12.1. The fraction of sp³-hybridized carbons (Fsp3) is 0.0526. The summed E-state index contributed by atoms with van der Waals surface area (Å²) in [6.07, 6.45) is 7.89. The molecule has 134 valence electrons. The Morgan fingerprint density at radius 2 is 1.96 bits per heavy atom. The molecule has 0 aliphatic carbocycles. The highest BCUT2D eigenvalue weighted by atomic mass is 32.2. The van der Waals surface area contributed by atoms with Crippen LogP contribution in [0.3, 0.4) is 0 Å². The van der Waals surface area contributed by atoms with E-state index in [1.807, 2.05) is 30.3 Å². The molecule has 1 N–H and O–H groups in total. The average Bonchev–Trinajstić information content (AvgIpc) is 3.13. The van der Waals surface area contributed by atoms with Crippen molar-refractivity contribution in [3.05, 3.63) is 72.8 Å². The van der Waals surface area contributed by atoms with Crippen LogP contribution in [-0.4, -0.2) is 36.3 Å². The van der Waals surface area contributed by atoms with Crippen LogP contribution in [0, 0.1) is 0 Å². The van der Waals surface area contributed by atoms with E-state index in [9.17, 15) is 9.35 Å². The van der Waals surface area contributed by atoms with Crippen molar-refractivity contribution in [2.45, 2.75) is 4.90 Å². The molecule has 0 saturated heterocycles. The lowest BCUT2D eigenvalue weighted by Crippen LogP contribution is -2.16. The minimum atomic E-state index is -1.25. The minimum Gasteiger partial charge on any atom is -0.612 e. The predicted molar refractivity (Wildman–Crippen MR) is 103 cm³/mol. The van der Waals surface area contributed by atoms with Crippen LogP contribution >= 0.6 is 0 Å². The summed E-state index contributed by atoms with van der Waals surface area (Å²) in [5, 5.41) is 7.01. The molecular weight excluding hydrogens is 362 g/mol. The molecule has 4 rings (SSSR count). The van der Waals surface area contributed by atoms with Gasteiger partial charge in [0.1, 0.15) is 11.9 Å². The van der Waals surface area contributed by atoms with E-state index in [1.165, 1.54) is 12.4 Å². The zero-order valence-electron chi connectivity index (χ0n) is 14.4. The zero-order valence-corrected chi connectivity index (χ0v) is 15.2. The van der Waals surface area contributed by atoms with Gasteiger partial charge in [-0.25, -0.2) is 9.50 Å². The molecule has 4 aromatic rings. The van der Waals surface area contributed by atoms with Gasteiger partial charge < -0.3 is 9.87 Å². The zero-order chi connectivity index (χ0) is 18.8. The fourth-order valence-corrected chi connectivity index (χ4v) is 3.40. The second-order valence-electron chi connectivity index (χ2n) is 5.79. The van der Waals surface area contributed by atoms with Crippen LogP contribution in [0.1, 0.15) is 10.4 Å². The van der Waals surface area contributed by atoms with Crippen LogP contribution in [-0.2, 0) is 11.2 Å². The molecule has 0 aliphatic heterocycles. The number of rotatable bonds is 4. The Bertz CT molecular complexity index is 1110. The highest BCUT2D eigenvalue weighted by Crippen LogP contribution is 2.22. The third kappa shape index (κ3) is 3.40. The Morgan fingerprint density at radius 1 is 1.15 bits per heavy atom. The van der Waals surface area contributed by atoms with E-state index in [2.05, 4.69) is 20.4 Å². The second kappa shape index (κ2) is 7.18. The van der Waals surface area contributed by atoms with Crippen LogP contribution in [0.5, 0.6) is 0 Å². The Morgan fingerprint density at radius 3 is 2.74 bits per heavy atom. The third-order valence-corrected chi connectivity index (χ3v) is 4.99. The quantitative estimate of drug-likeness (QED) is 0.552. The number of pyridine rings is 1. The van der Waals surface area contributed by atoms with Crippen molar-refractivity contribution in [3.8, 4) is 11.3 Å². The Kier molecular flexibility index (Phi) is 4.57. The van der Waals surface area contributed by atoms with Crippen molar-refractivity contribution < 1.29 is 9.35 Å². The molecule has 0 saturated carbocycles. The number of nitrogens with zero attached hydrogens (tertiary/aromatic N) is 4. The topological polar surface area (TPSA) is 95.2 Å². The first kappa shape index (κ1) is 17.2. The van der Waals surface area contributed by atoms with E-state index in [0.717, 1.165) is 11.3 Å². The maximum atomic E-state index is 12.8. The number of anilines is 1. The predicted octanol–water partition coefficient (Wildman–Crippen LogP) is 2.78. The van der Waals surface area contributed by atoms with Gasteiger partial charge in [-0.05, 0) is 17.2 Å². The van der Waals surface area contributed by atoms with Gasteiger partial charge >= 0.3 is 0 Å². The SMILES string of the molecule is C[S+]([O-])c1ccncc1NC(=O)c1ccnn2cc(-c3ccccc3)nc12. The monoisotopic (exact) mass is 377 g/mol. The summed E-state index contributed by atoms with van der Waals surface area (Å²) in [4.78, 5) is 21.9. The first-order valence-corrected chi connectivity index (χ1v) is 9.68. The highest BCUT2D eigenvalue weighted by Gasteiger charge is 2.18. The van der Waals surface area contributed by atoms with Crippen molar-refractivity contribution in [1.29, 1.82) is 0 Å². The number of imidazole rings is 1. The number of hydrogen-bond acceptors (Lipinski definition) is 5. The molecule has 1 amide bonds. The highest BCUT2D eigenvalue weighted by molar-refractivity contribution is 7.90. The van der Waals surface area contributed by atoms with Gasteiger partial charge in [-0.2, -0.15) is 5.10 Å². The molecule has 1 atom stereocenters. The van der Waals surface area contributed by atoms with Crippen LogP contribution < -0.4 is 5.32 Å². The number of fused-ring (bicyclic) bond motifs is 1. The Labute approximate surface area is 158 Å². The molecule has 1 aromatic carbocycles. The number of hydrogen-bond donors (Lipinski definition) is 1. The second-order valence-corrected chi connectivity index (χ2v) is 7.13. The summed E-state index contributed by atoms with van der Waals surface area (Å²) in [6, 6.07) is 12.9. The molecular formula is C19H15N5O2S. The number of amides is 1. The number of nitrogens with one attached hydrogen (secondary N) is 1. The smallest absolute Gasteiger partial charge is 0.259 e. The van der Waals surface area contributed by atoms with Crippen LogP contribution in [0.2, 0.25) is 0 Å². The van der Waals surface area contributed by atoms with Crippen LogP contribution in [0.15, 0.2) is 72.1 Å². The summed E-state index contributed by atoms with van der Waals surface area (Å²) < 4.78 is 13.4. The van der Waals surface area contributed by atoms with E-state index in [4.69, 9.17) is 0 Å². The van der Waals surface area contributed by atoms with Crippen LogP contribution in [0.25, 0.3) is 16.9 Å². The lowest BCUT2D eigenvalue weighted by Gasteiger charge is -2.11. The van der Waals surface area contributed by atoms with Gasteiger partial charge in [0.05, 0.1) is 23.7 Å². The maximum Gasteiger partial charge on any atom is 0.259 e. The summed E-state index contributed by atoms with van der Waals surface area (Å²) in [7, 11) is 0. The van der Waals surface area contributed by atoms with Crippen molar-refractivity contribution in [1.82, 2.24) is 19.6 Å². The molecule has 27 heavy (non-hydrogen) atoms. The molecule has 3 heterocycles. The lowest BCUT2D eigenvalue weighted by atomic mass is 10.2. The standard InChI is InChI=1S/C19H15N5O2S/c1-27(26)17-8-9-20-11-15(17)23-19(25)14-7-10-21-24-12-16(22-18(14)24)13-5-3-2-4-6-13/h2-12H,1H3,(H,23,25). The van der Waals surface area contributed by atoms with Crippen molar-refractivity contribution in [2.75, 3.05) is 11.6 Å². The summed E-state index contributed by atoms with van der Waals surface area (Å²) in [5.41, 5.74) is 2.87. The molecule has 0 bridgehead atoms.